The predicted octanol–water partition coefficient (Wildman–Crippen LogP) is 2.97. The van der Waals surface area contributed by atoms with E-state index in [1.54, 1.807) is 43.8 Å². The third-order valence-corrected chi connectivity index (χ3v) is 7.21. The monoisotopic (exact) mass is 494 g/mol. The van der Waals surface area contributed by atoms with E-state index in [-0.39, 0.29) is 5.56 Å². The fraction of sp³-hybridized carbons (Fsp3) is 0.320. The van der Waals surface area contributed by atoms with E-state index in [0.717, 1.165) is 46.9 Å². The summed E-state index contributed by atoms with van der Waals surface area (Å²) in [6.45, 7) is 4.52. The Labute approximate surface area is 205 Å². The second-order valence-electron chi connectivity index (χ2n) is 8.21. The lowest BCUT2D eigenvalue weighted by Crippen LogP contribution is -2.48. The molecule has 182 valence electrons. The van der Waals surface area contributed by atoms with Crippen molar-refractivity contribution in [2.24, 2.45) is 0 Å². The predicted molar refractivity (Wildman–Crippen MR) is 136 cm³/mol. The average molecular weight is 495 g/mol. The maximum Gasteiger partial charge on any atom is 0.349 e. The van der Waals surface area contributed by atoms with Crippen molar-refractivity contribution in [3.05, 3.63) is 58.4 Å². The number of piperazine rings is 1. The first kappa shape index (κ1) is 23.1. The topological polar surface area (TPSA) is 97.1 Å². The summed E-state index contributed by atoms with van der Waals surface area (Å²) >= 11 is 1.64. The number of ether oxygens (including phenoxy) is 2. The molecule has 2 aromatic carbocycles. The number of anilines is 1. The number of benzene rings is 2. The summed E-state index contributed by atoms with van der Waals surface area (Å²) < 4.78 is 17.2. The third-order valence-electron chi connectivity index (χ3n) is 6.13. The summed E-state index contributed by atoms with van der Waals surface area (Å²) in [5.41, 5.74) is 0.684. The Morgan fingerprint density at radius 3 is 2.69 bits per heavy atom. The summed E-state index contributed by atoms with van der Waals surface area (Å²) in [5, 5.41) is 4.53. The van der Waals surface area contributed by atoms with Crippen molar-refractivity contribution < 1.29 is 18.7 Å². The van der Waals surface area contributed by atoms with Crippen molar-refractivity contribution in [3.63, 3.8) is 0 Å². The van der Waals surface area contributed by atoms with E-state index in [2.05, 4.69) is 15.1 Å². The largest absolute Gasteiger partial charge is 0.493 e. The van der Waals surface area contributed by atoms with Gasteiger partial charge in [-0.25, -0.2) is 9.78 Å². The number of thiazole rings is 1. The molecule has 1 N–H and O–H groups in total. The van der Waals surface area contributed by atoms with Crippen LogP contribution in [-0.4, -0.2) is 69.3 Å². The van der Waals surface area contributed by atoms with Crippen LogP contribution in [0.15, 0.2) is 51.7 Å². The summed E-state index contributed by atoms with van der Waals surface area (Å²) in [6, 6.07) is 12.6. The van der Waals surface area contributed by atoms with Gasteiger partial charge in [0.05, 0.1) is 18.9 Å². The van der Waals surface area contributed by atoms with Crippen molar-refractivity contribution >= 4 is 43.6 Å². The zero-order chi connectivity index (χ0) is 24.4. The highest BCUT2D eigenvalue weighted by atomic mass is 32.1. The lowest BCUT2D eigenvalue weighted by atomic mass is 10.2. The minimum absolute atomic E-state index is 0.0245. The fourth-order valence-electron chi connectivity index (χ4n) is 4.24. The molecule has 1 aliphatic heterocycles. The summed E-state index contributed by atoms with van der Waals surface area (Å²) in [7, 11) is 3.25. The number of para-hydroxylation sites is 1. The first-order valence-corrected chi connectivity index (χ1v) is 12.2. The number of amides is 1. The van der Waals surface area contributed by atoms with Crippen molar-refractivity contribution in [3.8, 4) is 11.5 Å². The maximum absolute atomic E-state index is 12.5. The quantitative estimate of drug-likeness (QED) is 0.392. The van der Waals surface area contributed by atoms with Crippen LogP contribution < -0.4 is 25.3 Å². The standard InChI is InChI=1S/C25H26N4O5S/c1-32-19-7-8-20-21(22(19)33-2)27-25(35-20)29-13-11-28(12-14-29)10-9-26-23(30)17-15-16-5-3-4-6-18(16)34-24(17)31/h3-8,15H,9-14H2,1-2H3,(H,26,30). The Morgan fingerprint density at radius 2 is 1.91 bits per heavy atom. The minimum atomic E-state index is -0.625. The molecule has 5 rings (SSSR count). The molecular formula is C25H26N4O5S. The van der Waals surface area contributed by atoms with Gasteiger partial charge in [0, 0.05) is 44.7 Å². The molecule has 9 nitrogen and oxygen atoms in total. The normalized spacial score (nSPS) is 14.4. The van der Waals surface area contributed by atoms with Gasteiger partial charge in [0.1, 0.15) is 16.7 Å². The SMILES string of the molecule is COc1ccc2sc(N3CCN(CCNC(=O)c4cc5ccccc5oc4=O)CC3)nc2c1OC. The number of fused-ring (bicyclic) bond motifs is 2. The van der Waals surface area contributed by atoms with E-state index in [4.69, 9.17) is 18.9 Å². The number of carbonyl (C=O) groups is 1. The Kier molecular flexibility index (Phi) is 6.56. The summed E-state index contributed by atoms with van der Waals surface area (Å²) in [6.07, 6.45) is 0. The molecule has 1 amide bonds. The molecule has 0 bridgehead atoms. The Balaban J connectivity index is 1.16. The number of methoxy groups -OCH3 is 2. The molecule has 0 saturated carbocycles. The van der Waals surface area contributed by atoms with Gasteiger partial charge in [0.25, 0.3) is 5.91 Å². The van der Waals surface area contributed by atoms with E-state index in [9.17, 15) is 9.59 Å². The van der Waals surface area contributed by atoms with Crippen LogP contribution in [0.5, 0.6) is 11.5 Å². The molecule has 0 unspecified atom stereocenters. The van der Waals surface area contributed by atoms with E-state index in [1.807, 2.05) is 24.3 Å². The van der Waals surface area contributed by atoms with Crippen molar-refractivity contribution in [2.75, 3.05) is 58.4 Å². The summed E-state index contributed by atoms with van der Waals surface area (Å²) in [4.78, 5) is 34.1. The number of carbonyl (C=O) groups excluding carboxylic acids is 1. The van der Waals surface area contributed by atoms with Crippen molar-refractivity contribution in [1.82, 2.24) is 15.2 Å². The molecule has 0 spiro atoms. The van der Waals surface area contributed by atoms with Gasteiger partial charge in [-0.2, -0.15) is 0 Å². The molecular weight excluding hydrogens is 468 g/mol. The highest BCUT2D eigenvalue weighted by Gasteiger charge is 2.22. The highest BCUT2D eigenvalue weighted by molar-refractivity contribution is 7.22. The zero-order valence-corrected chi connectivity index (χ0v) is 20.4. The van der Waals surface area contributed by atoms with Gasteiger partial charge in [-0.05, 0) is 24.3 Å². The molecule has 1 saturated heterocycles. The number of nitrogens with one attached hydrogen (secondary N) is 1. The third kappa shape index (κ3) is 4.67. The van der Waals surface area contributed by atoms with Crippen LogP contribution in [0.1, 0.15) is 10.4 Å². The molecule has 3 heterocycles. The number of nitrogens with zero attached hydrogens (tertiary/aromatic N) is 3. The van der Waals surface area contributed by atoms with Gasteiger partial charge in [0.15, 0.2) is 16.6 Å². The van der Waals surface area contributed by atoms with Crippen LogP contribution in [0.3, 0.4) is 0 Å². The Morgan fingerprint density at radius 1 is 1.11 bits per heavy atom. The molecule has 0 atom stereocenters. The molecule has 1 fully saturated rings. The smallest absolute Gasteiger partial charge is 0.349 e. The van der Waals surface area contributed by atoms with Gasteiger partial charge < -0.3 is 24.1 Å². The van der Waals surface area contributed by atoms with E-state index < -0.39 is 11.5 Å². The van der Waals surface area contributed by atoms with Crippen molar-refractivity contribution in [1.29, 1.82) is 0 Å². The lowest BCUT2D eigenvalue weighted by molar-refractivity contribution is 0.0944. The van der Waals surface area contributed by atoms with Crippen LogP contribution in [0.2, 0.25) is 0 Å². The van der Waals surface area contributed by atoms with E-state index in [1.165, 1.54) is 0 Å². The first-order chi connectivity index (χ1) is 17.1. The van der Waals surface area contributed by atoms with Crippen LogP contribution in [0.25, 0.3) is 21.2 Å². The van der Waals surface area contributed by atoms with Crippen LogP contribution in [0, 0.1) is 0 Å². The molecule has 35 heavy (non-hydrogen) atoms. The number of hydrogen-bond acceptors (Lipinski definition) is 9. The van der Waals surface area contributed by atoms with Crippen LogP contribution >= 0.6 is 11.3 Å². The second-order valence-corrected chi connectivity index (χ2v) is 9.22. The maximum atomic E-state index is 12.5. The molecule has 0 aliphatic carbocycles. The first-order valence-electron chi connectivity index (χ1n) is 11.4. The molecule has 4 aromatic rings. The average Bonchev–Trinajstić information content (AvgIpc) is 3.32. The van der Waals surface area contributed by atoms with Gasteiger partial charge in [0.2, 0.25) is 0 Å². The Bertz CT molecular complexity index is 1420. The van der Waals surface area contributed by atoms with Gasteiger partial charge in [-0.3, -0.25) is 9.69 Å². The number of aromatic nitrogens is 1. The lowest BCUT2D eigenvalue weighted by Gasteiger charge is -2.34. The second kappa shape index (κ2) is 9.93. The van der Waals surface area contributed by atoms with Gasteiger partial charge in [-0.15, -0.1) is 0 Å². The minimum Gasteiger partial charge on any atom is -0.493 e. The Hall–Kier alpha value is -3.63. The van der Waals surface area contributed by atoms with Crippen LogP contribution in [-0.2, 0) is 0 Å². The highest BCUT2D eigenvalue weighted by Crippen LogP contribution is 2.40. The fourth-order valence-corrected chi connectivity index (χ4v) is 5.26. The molecule has 0 radical (unpaired) electrons. The van der Waals surface area contributed by atoms with Crippen molar-refractivity contribution in [2.45, 2.75) is 0 Å². The van der Waals surface area contributed by atoms with E-state index >= 15 is 0 Å². The summed E-state index contributed by atoms with van der Waals surface area (Å²) in [5.74, 6) is 0.912. The number of rotatable bonds is 7. The van der Waals surface area contributed by atoms with E-state index in [0.29, 0.717) is 30.2 Å². The molecule has 1 aliphatic rings. The van der Waals surface area contributed by atoms with Gasteiger partial charge in [-0.1, -0.05) is 29.5 Å². The zero-order valence-electron chi connectivity index (χ0n) is 19.6. The molecule has 2 aromatic heterocycles. The van der Waals surface area contributed by atoms with Crippen LogP contribution in [0.4, 0.5) is 5.13 Å². The molecule has 10 heteroatoms. The van der Waals surface area contributed by atoms with Gasteiger partial charge >= 0.3 is 5.63 Å². The number of hydrogen-bond donors (Lipinski definition) is 1.